The highest BCUT2D eigenvalue weighted by Crippen LogP contribution is 2.54. The van der Waals surface area contributed by atoms with Crippen LogP contribution in [-0.2, 0) is 11.8 Å². The van der Waals surface area contributed by atoms with Gasteiger partial charge in [-0.1, -0.05) is 141 Å². The number of nitrogens with zero attached hydrogens (tertiary/aromatic N) is 3. The molecular weight excluding hydrogens is 667 g/mol. The topological polar surface area (TPSA) is 30.7 Å². The van der Waals surface area contributed by atoms with Crippen molar-refractivity contribution in [3.8, 4) is 39.6 Å². The molecule has 0 radical (unpaired) electrons. The van der Waals surface area contributed by atoms with E-state index in [-0.39, 0.29) is 5.41 Å². The lowest BCUT2D eigenvalue weighted by atomic mass is 9.78. The van der Waals surface area contributed by atoms with E-state index in [0.29, 0.717) is 5.95 Å². The molecule has 2 aliphatic rings. The van der Waals surface area contributed by atoms with Crippen LogP contribution in [0, 0.1) is 0 Å². The Morgan fingerprint density at radius 3 is 1.91 bits per heavy atom. The molecule has 0 saturated heterocycles. The Kier molecular flexibility index (Phi) is 6.17. The van der Waals surface area contributed by atoms with Gasteiger partial charge < -0.3 is 0 Å². The summed E-state index contributed by atoms with van der Waals surface area (Å²) >= 11 is 0. The van der Waals surface area contributed by atoms with E-state index in [4.69, 9.17) is 9.97 Å². The molecule has 2 heterocycles. The lowest BCUT2D eigenvalue weighted by Gasteiger charge is -2.26. The maximum absolute atomic E-state index is 5.47. The van der Waals surface area contributed by atoms with Crippen LogP contribution < -0.4 is 0 Å². The van der Waals surface area contributed by atoms with E-state index in [1.54, 1.807) is 0 Å². The van der Waals surface area contributed by atoms with E-state index in [1.165, 1.54) is 76.5 Å². The van der Waals surface area contributed by atoms with Crippen LogP contribution in [0.5, 0.6) is 0 Å². The molecule has 0 fully saturated rings. The molecule has 10 aromatic rings. The molecule has 0 aliphatic heterocycles. The van der Waals surface area contributed by atoms with Crippen LogP contribution in [0.15, 0.2) is 158 Å². The minimum absolute atomic E-state index is 0.124. The first-order valence-electron chi connectivity index (χ1n) is 19.2. The molecule has 0 spiro atoms. The smallest absolute Gasteiger partial charge is 0.235 e. The van der Waals surface area contributed by atoms with Crippen molar-refractivity contribution < 1.29 is 0 Å². The normalized spacial score (nSPS) is 14.0. The Balaban J connectivity index is 1.19. The molecule has 3 nitrogen and oxygen atoms in total. The second-order valence-electron chi connectivity index (χ2n) is 15.8. The zero-order valence-corrected chi connectivity index (χ0v) is 30.6. The minimum Gasteiger partial charge on any atom is -0.277 e. The number of hydrogen-bond acceptors (Lipinski definition) is 2. The average molecular weight is 702 g/mol. The van der Waals surface area contributed by atoms with Gasteiger partial charge in [0, 0.05) is 32.9 Å². The van der Waals surface area contributed by atoms with Gasteiger partial charge in [0.2, 0.25) is 5.95 Å². The van der Waals surface area contributed by atoms with Crippen molar-refractivity contribution in [3.63, 3.8) is 0 Å². The van der Waals surface area contributed by atoms with Crippen LogP contribution in [0.2, 0.25) is 0 Å². The van der Waals surface area contributed by atoms with Gasteiger partial charge in [-0.15, -0.1) is 0 Å². The highest BCUT2D eigenvalue weighted by Gasteiger charge is 2.38. The van der Waals surface area contributed by atoms with Crippen molar-refractivity contribution in [2.24, 2.45) is 0 Å². The lowest BCUT2D eigenvalue weighted by Crippen LogP contribution is -2.16. The first kappa shape index (κ1) is 30.6. The maximum Gasteiger partial charge on any atom is 0.235 e. The first-order valence-corrected chi connectivity index (χ1v) is 19.2. The zero-order valence-electron chi connectivity index (χ0n) is 30.6. The van der Waals surface area contributed by atoms with E-state index in [2.05, 4.69) is 182 Å². The number of aromatic nitrogens is 3. The molecule has 0 amide bonds. The predicted octanol–water partition coefficient (Wildman–Crippen LogP) is 13.2. The Hall–Kier alpha value is -6.84. The van der Waals surface area contributed by atoms with Crippen LogP contribution in [0.1, 0.15) is 36.1 Å². The molecule has 8 aromatic carbocycles. The van der Waals surface area contributed by atoms with Crippen molar-refractivity contribution in [2.45, 2.75) is 25.7 Å². The fraction of sp³-hybridized carbons (Fsp3) is 0.0769. The third-order valence-corrected chi connectivity index (χ3v) is 12.3. The van der Waals surface area contributed by atoms with Gasteiger partial charge in [-0.3, -0.25) is 4.57 Å². The van der Waals surface area contributed by atoms with E-state index < -0.39 is 0 Å². The Bertz CT molecular complexity index is 3230. The molecule has 258 valence electrons. The Morgan fingerprint density at radius 1 is 0.545 bits per heavy atom. The van der Waals surface area contributed by atoms with Crippen molar-refractivity contribution in [3.05, 3.63) is 180 Å². The summed E-state index contributed by atoms with van der Waals surface area (Å²) < 4.78 is 2.33. The van der Waals surface area contributed by atoms with Crippen LogP contribution in [0.25, 0.3) is 99.8 Å². The molecule has 0 unspecified atom stereocenters. The number of allylic oxidation sites excluding steroid dienone is 1. The highest BCUT2D eigenvalue weighted by atomic mass is 15.2. The van der Waals surface area contributed by atoms with Crippen LogP contribution in [0.3, 0.4) is 0 Å². The minimum atomic E-state index is -0.124. The highest BCUT2D eigenvalue weighted by molar-refractivity contribution is 6.20. The monoisotopic (exact) mass is 701 g/mol. The Morgan fingerprint density at radius 2 is 1.18 bits per heavy atom. The van der Waals surface area contributed by atoms with E-state index in [1.807, 2.05) is 0 Å². The second kappa shape index (κ2) is 11.1. The van der Waals surface area contributed by atoms with Crippen molar-refractivity contribution in [2.75, 3.05) is 0 Å². The molecule has 0 saturated carbocycles. The summed E-state index contributed by atoms with van der Waals surface area (Å²) in [6.07, 6.45) is 5.60. The summed E-state index contributed by atoms with van der Waals surface area (Å²) in [5, 5.41) is 9.93. The van der Waals surface area contributed by atoms with Gasteiger partial charge >= 0.3 is 0 Å². The van der Waals surface area contributed by atoms with Gasteiger partial charge in [0.15, 0.2) is 0 Å². The standard InChI is InChI=1S/C52H35N3/c1-52(2)44-20-9-7-17-38(44)41-28-37-16-11-19-40-48(37)43(49(41)52)29-42-39-18-8-10-21-47(39)55(50(40)42)51-53-45(35-24-22-31-12-3-5-14-33(31)26-35)30-46(54-51)36-25-23-32-13-4-6-15-34(32)27-36/h3-15,17-30H,16H2,1-2H3. The third kappa shape index (κ3) is 4.32. The van der Waals surface area contributed by atoms with Gasteiger partial charge in [0.25, 0.3) is 0 Å². The van der Waals surface area contributed by atoms with Gasteiger partial charge in [-0.25, -0.2) is 9.97 Å². The average Bonchev–Trinajstić information content (AvgIpc) is 3.69. The van der Waals surface area contributed by atoms with Crippen LogP contribution >= 0.6 is 0 Å². The van der Waals surface area contributed by atoms with E-state index >= 15 is 0 Å². The summed E-state index contributed by atoms with van der Waals surface area (Å²) in [4.78, 5) is 10.9. The summed E-state index contributed by atoms with van der Waals surface area (Å²) in [6, 6.07) is 55.2. The quantitative estimate of drug-likeness (QED) is 0.184. The Labute approximate surface area is 318 Å². The van der Waals surface area contributed by atoms with Crippen molar-refractivity contribution in [1.29, 1.82) is 0 Å². The van der Waals surface area contributed by atoms with Gasteiger partial charge in [0.05, 0.1) is 22.4 Å². The predicted molar refractivity (Wildman–Crippen MR) is 230 cm³/mol. The molecule has 0 N–H and O–H groups in total. The maximum atomic E-state index is 5.47. The lowest BCUT2D eigenvalue weighted by molar-refractivity contribution is 0.666. The third-order valence-electron chi connectivity index (χ3n) is 12.3. The molecule has 55 heavy (non-hydrogen) atoms. The van der Waals surface area contributed by atoms with Crippen LogP contribution in [0.4, 0.5) is 0 Å². The number of fused-ring (bicyclic) bond motifs is 10. The summed E-state index contributed by atoms with van der Waals surface area (Å²) in [6.45, 7) is 4.79. The van der Waals surface area contributed by atoms with Gasteiger partial charge in [-0.2, -0.15) is 0 Å². The zero-order chi connectivity index (χ0) is 36.4. The van der Waals surface area contributed by atoms with E-state index in [9.17, 15) is 0 Å². The van der Waals surface area contributed by atoms with Gasteiger partial charge in [-0.05, 0) is 103 Å². The molecule has 12 rings (SSSR count). The van der Waals surface area contributed by atoms with E-state index in [0.717, 1.165) is 40.0 Å². The molecule has 3 heteroatoms. The number of benzene rings is 8. The fourth-order valence-corrected chi connectivity index (χ4v) is 9.81. The number of hydrogen-bond donors (Lipinski definition) is 0. The second-order valence-corrected chi connectivity index (χ2v) is 15.8. The van der Waals surface area contributed by atoms with Crippen LogP contribution in [-0.4, -0.2) is 14.5 Å². The molecule has 0 bridgehead atoms. The number of para-hydroxylation sites is 1. The first-order chi connectivity index (χ1) is 27.0. The molecular formula is C52H35N3. The molecule has 2 aliphatic carbocycles. The SMILES string of the molecule is CC1(C)c2ccccc2-c2cc3c4c(c5c(cc4c21)c1ccccc1n5-c1nc(-c2ccc4ccccc4c2)cc(-c2ccc4ccccc4c2)n1)C=CC3. The molecule has 0 atom stereocenters. The van der Waals surface area contributed by atoms with Crippen molar-refractivity contribution in [1.82, 2.24) is 14.5 Å². The number of rotatable bonds is 3. The fourth-order valence-electron chi connectivity index (χ4n) is 9.81. The summed E-state index contributed by atoms with van der Waals surface area (Å²) in [7, 11) is 0. The van der Waals surface area contributed by atoms with Gasteiger partial charge in [0.1, 0.15) is 0 Å². The largest absolute Gasteiger partial charge is 0.277 e. The summed E-state index contributed by atoms with van der Waals surface area (Å²) in [5.41, 5.74) is 14.2. The van der Waals surface area contributed by atoms with Crippen molar-refractivity contribution >= 4 is 60.2 Å². The summed E-state index contributed by atoms with van der Waals surface area (Å²) in [5.74, 6) is 0.671. The molecule has 2 aromatic heterocycles.